The van der Waals surface area contributed by atoms with Crippen molar-refractivity contribution in [3.63, 3.8) is 0 Å². The summed E-state index contributed by atoms with van der Waals surface area (Å²) < 4.78 is 5.39. The van der Waals surface area contributed by atoms with E-state index in [9.17, 15) is 4.79 Å². The van der Waals surface area contributed by atoms with Crippen molar-refractivity contribution in [2.75, 3.05) is 31.2 Å². The van der Waals surface area contributed by atoms with Gasteiger partial charge in [-0.25, -0.2) is 9.97 Å². The number of hydrogen-bond donors (Lipinski definition) is 1. The van der Waals surface area contributed by atoms with E-state index >= 15 is 0 Å². The normalized spacial score (nSPS) is 25.8. The summed E-state index contributed by atoms with van der Waals surface area (Å²) in [6.45, 7) is 8.00. The molecule has 0 aromatic carbocycles. The smallest absolute Gasteiger partial charge is 0.225 e. The Morgan fingerprint density at radius 3 is 2.73 bits per heavy atom. The molecule has 1 aromatic heterocycles. The molecule has 2 aliphatic heterocycles. The molecule has 142 valence electrons. The Balaban J connectivity index is 1.55. The van der Waals surface area contributed by atoms with Crippen LogP contribution in [0, 0.1) is 11.3 Å². The lowest BCUT2D eigenvalue weighted by molar-refractivity contribution is -0.128. The zero-order valence-electron chi connectivity index (χ0n) is 16.0. The maximum absolute atomic E-state index is 12.7. The second kappa shape index (κ2) is 7.14. The fourth-order valence-electron chi connectivity index (χ4n) is 4.48. The highest BCUT2D eigenvalue weighted by Crippen LogP contribution is 2.40. The van der Waals surface area contributed by atoms with Gasteiger partial charge in [0.25, 0.3) is 0 Å². The number of rotatable bonds is 3. The van der Waals surface area contributed by atoms with E-state index in [1.807, 2.05) is 6.20 Å². The SMILES string of the molecule is CC1(C)Cc2nc(N3CCCC3)ncc2[C@H](NC(=O)C2CCOCC2)C1. The van der Waals surface area contributed by atoms with Gasteiger partial charge in [-0.05, 0) is 43.9 Å². The average molecular weight is 358 g/mol. The first-order chi connectivity index (χ1) is 12.5. The second-order valence-corrected chi connectivity index (χ2v) is 8.76. The summed E-state index contributed by atoms with van der Waals surface area (Å²) in [5.41, 5.74) is 2.33. The molecular weight excluding hydrogens is 328 g/mol. The first-order valence-electron chi connectivity index (χ1n) is 10.0. The third kappa shape index (κ3) is 3.70. The van der Waals surface area contributed by atoms with E-state index in [0.29, 0.717) is 13.2 Å². The van der Waals surface area contributed by atoms with Gasteiger partial charge in [0.2, 0.25) is 11.9 Å². The van der Waals surface area contributed by atoms with Crippen LogP contribution in [0.25, 0.3) is 0 Å². The van der Waals surface area contributed by atoms with Crippen LogP contribution in [0.2, 0.25) is 0 Å². The molecule has 2 saturated heterocycles. The Morgan fingerprint density at radius 1 is 1.27 bits per heavy atom. The van der Waals surface area contributed by atoms with Crippen LogP contribution in [0.4, 0.5) is 5.95 Å². The highest BCUT2D eigenvalue weighted by Gasteiger charge is 2.36. The van der Waals surface area contributed by atoms with Gasteiger partial charge < -0.3 is 15.0 Å². The van der Waals surface area contributed by atoms with E-state index in [1.54, 1.807) is 0 Å². The Hall–Kier alpha value is -1.69. The monoisotopic (exact) mass is 358 g/mol. The standard InChI is InChI=1S/C20H30N4O2/c1-20(2)11-16(22-18(25)14-5-9-26-10-6-14)15-13-21-19(23-17(15)12-20)24-7-3-4-8-24/h13-14,16H,3-12H2,1-2H3,(H,22,25)/t16-/m1/s1. The van der Waals surface area contributed by atoms with Gasteiger partial charge in [-0.3, -0.25) is 4.79 Å². The molecule has 1 atom stereocenters. The van der Waals surface area contributed by atoms with Crippen LogP contribution in [0.3, 0.4) is 0 Å². The van der Waals surface area contributed by atoms with Crippen molar-refractivity contribution in [3.05, 3.63) is 17.5 Å². The minimum Gasteiger partial charge on any atom is -0.381 e. The summed E-state index contributed by atoms with van der Waals surface area (Å²) in [5, 5.41) is 3.30. The number of amides is 1. The summed E-state index contributed by atoms with van der Waals surface area (Å²) in [6, 6.07) is 0.0109. The van der Waals surface area contributed by atoms with Crippen molar-refractivity contribution in [2.24, 2.45) is 11.3 Å². The van der Waals surface area contributed by atoms with Crippen LogP contribution in [0.15, 0.2) is 6.20 Å². The van der Waals surface area contributed by atoms with Crippen molar-refractivity contribution in [3.8, 4) is 0 Å². The van der Waals surface area contributed by atoms with E-state index in [0.717, 1.165) is 56.0 Å². The molecule has 0 bridgehead atoms. The van der Waals surface area contributed by atoms with E-state index in [1.165, 1.54) is 12.8 Å². The van der Waals surface area contributed by atoms with Gasteiger partial charge in [0, 0.05) is 44.0 Å². The summed E-state index contributed by atoms with van der Waals surface area (Å²) in [6.07, 6.45) is 7.90. The van der Waals surface area contributed by atoms with Gasteiger partial charge in [0.1, 0.15) is 0 Å². The van der Waals surface area contributed by atoms with Crippen LogP contribution < -0.4 is 10.2 Å². The Kier molecular flexibility index (Phi) is 4.86. The average Bonchev–Trinajstić information content (AvgIpc) is 3.15. The van der Waals surface area contributed by atoms with E-state index in [-0.39, 0.29) is 23.3 Å². The largest absolute Gasteiger partial charge is 0.381 e. The van der Waals surface area contributed by atoms with Gasteiger partial charge in [-0.1, -0.05) is 13.8 Å². The third-order valence-electron chi connectivity index (χ3n) is 5.96. The molecule has 3 heterocycles. The zero-order chi connectivity index (χ0) is 18.1. The van der Waals surface area contributed by atoms with Crippen molar-refractivity contribution in [1.82, 2.24) is 15.3 Å². The zero-order valence-corrected chi connectivity index (χ0v) is 16.0. The molecule has 3 aliphatic rings. The van der Waals surface area contributed by atoms with Gasteiger partial charge in [-0.15, -0.1) is 0 Å². The number of anilines is 1. The molecule has 1 N–H and O–H groups in total. The molecule has 6 heteroatoms. The van der Waals surface area contributed by atoms with Crippen molar-refractivity contribution in [2.45, 2.75) is 58.4 Å². The molecule has 26 heavy (non-hydrogen) atoms. The number of hydrogen-bond acceptors (Lipinski definition) is 5. The number of nitrogens with zero attached hydrogens (tertiary/aromatic N) is 3. The van der Waals surface area contributed by atoms with Gasteiger partial charge >= 0.3 is 0 Å². The summed E-state index contributed by atoms with van der Waals surface area (Å²) >= 11 is 0. The number of fused-ring (bicyclic) bond motifs is 1. The van der Waals surface area contributed by atoms with E-state index in [2.05, 4.69) is 29.0 Å². The molecule has 1 amide bonds. The number of nitrogens with one attached hydrogen (secondary N) is 1. The predicted octanol–water partition coefficient (Wildman–Crippen LogP) is 2.63. The third-order valence-corrected chi connectivity index (χ3v) is 5.96. The van der Waals surface area contributed by atoms with Gasteiger partial charge in [0.15, 0.2) is 0 Å². The minimum absolute atomic E-state index is 0.0109. The topological polar surface area (TPSA) is 67.4 Å². The molecule has 6 nitrogen and oxygen atoms in total. The van der Waals surface area contributed by atoms with Crippen LogP contribution in [-0.2, 0) is 16.0 Å². The number of carbonyl (C=O) groups excluding carboxylic acids is 1. The lowest BCUT2D eigenvalue weighted by atomic mass is 9.74. The highest BCUT2D eigenvalue weighted by molar-refractivity contribution is 5.79. The van der Waals surface area contributed by atoms with E-state index < -0.39 is 0 Å². The lowest BCUT2D eigenvalue weighted by Gasteiger charge is -2.37. The molecule has 0 spiro atoms. The molecule has 0 radical (unpaired) electrons. The first kappa shape index (κ1) is 17.7. The number of aromatic nitrogens is 2. The summed E-state index contributed by atoms with van der Waals surface area (Å²) in [5.74, 6) is 1.08. The maximum Gasteiger partial charge on any atom is 0.225 e. The van der Waals surface area contributed by atoms with Crippen molar-refractivity contribution < 1.29 is 9.53 Å². The van der Waals surface area contributed by atoms with Crippen LogP contribution in [0.5, 0.6) is 0 Å². The fraction of sp³-hybridized carbons (Fsp3) is 0.750. The fourth-order valence-corrected chi connectivity index (χ4v) is 4.48. The molecule has 0 saturated carbocycles. The van der Waals surface area contributed by atoms with Crippen molar-refractivity contribution >= 4 is 11.9 Å². The Morgan fingerprint density at radius 2 is 2.00 bits per heavy atom. The van der Waals surface area contributed by atoms with Crippen LogP contribution in [-0.4, -0.2) is 42.2 Å². The molecular formula is C20H30N4O2. The van der Waals surface area contributed by atoms with Gasteiger partial charge in [0.05, 0.1) is 11.7 Å². The maximum atomic E-state index is 12.7. The lowest BCUT2D eigenvalue weighted by Crippen LogP contribution is -2.41. The molecule has 1 aliphatic carbocycles. The van der Waals surface area contributed by atoms with Gasteiger partial charge in [-0.2, -0.15) is 0 Å². The van der Waals surface area contributed by atoms with E-state index in [4.69, 9.17) is 9.72 Å². The Bertz CT molecular complexity index is 664. The quantitative estimate of drug-likeness (QED) is 0.900. The highest BCUT2D eigenvalue weighted by atomic mass is 16.5. The molecule has 2 fully saturated rings. The predicted molar refractivity (Wildman–Crippen MR) is 100 cm³/mol. The minimum atomic E-state index is 0.0109. The second-order valence-electron chi connectivity index (χ2n) is 8.76. The first-order valence-corrected chi connectivity index (χ1v) is 10.0. The van der Waals surface area contributed by atoms with Crippen molar-refractivity contribution in [1.29, 1.82) is 0 Å². The molecule has 0 unspecified atom stereocenters. The van der Waals surface area contributed by atoms with Crippen LogP contribution >= 0.6 is 0 Å². The Labute approximate surface area is 155 Å². The number of carbonyl (C=O) groups is 1. The molecule has 1 aromatic rings. The van der Waals surface area contributed by atoms with Crippen LogP contribution in [0.1, 0.15) is 63.3 Å². The summed E-state index contributed by atoms with van der Waals surface area (Å²) in [4.78, 5) is 24.6. The summed E-state index contributed by atoms with van der Waals surface area (Å²) in [7, 11) is 0. The number of ether oxygens (including phenoxy) is 1. The molecule has 4 rings (SSSR count).